The lowest BCUT2D eigenvalue weighted by atomic mass is 10.2. The lowest BCUT2D eigenvalue weighted by Gasteiger charge is -2.08. The molecule has 2 amide bonds. The van der Waals surface area contributed by atoms with E-state index in [-0.39, 0.29) is 11.3 Å². The second-order valence-electron chi connectivity index (χ2n) is 4.09. The van der Waals surface area contributed by atoms with Crippen LogP contribution in [0.2, 0.25) is 0 Å². The third-order valence-electron chi connectivity index (χ3n) is 2.54. The summed E-state index contributed by atoms with van der Waals surface area (Å²) in [5, 5.41) is 13.8. The fraction of sp³-hybridized carbons (Fsp3) is 0. The zero-order chi connectivity index (χ0) is 15.4. The van der Waals surface area contributed by atoms with Crippen LogP contribution in [0, 0.1) is 5.82 Å². The Bertz CT molecular complexity index is 706. The maximum Gasteiger partial charge on any atom is 0.335 e. The molecule has 2 aromatic carbocycles. The second-order valence-corrected chi connectivity index (χ2v) is 4.95. The third-order valence-corrected chi connectivity index (χ3v) is 3.19. The van der Waals surface area contributed by atoms with E-state index < -0.39 is 17.8 Å². The van der Waals surface area contributed by atoms with Gasteiger partial charge in [-0.05, 0) is 52.3 Å². The standard InChI is InChI=1S/C14H10BrFN2O3/c15-11-5-4-10(7-12(11)16)18-14(21)17-9-3-1-2-8(6-9)13(19)20/h1-7H,(H,19,20)(H2,17,18,21). The van der Waals surface area contributed by atoms with Crippen molar-refractivity contribution in [3.05, 3.63) is 58.3 Å². The van der Waals surface area contributed by atoms with E-state index in [2.05, 4.69) is 26.6 Å². The summed E-state index contributed by atoms with van der Waals surface area (Å²) in [5.74, 6) is -1.59. The van der Waals surface area contributed by atoms with Gasteiger partial charge in [0.25, 0.3) is 0 Å². The number of rotatable bonds is 3. The number of aromatic carboxylic acids is 1. The van der Waals surface area contributed by atoms with Crippen LogP contribution in [0.1, 0.15) is 10.4 Å². The maximum atomic E-state index is 13.3. The monoisotopic (exact) mass is 352 g/mol. The maximum absolute atomic E-state index is 13.3. The fourth-order valence-electron chi connectivity index (χ4n) is 1.60. The van der Waals surface area contributed by atoms with Crippen molar-refractivity contribution < 1.29 is 19.1 Å². The first-order valence-corrected chi connectivity index (χ1v) is 6.61. The van der Waals surface area contributed by atoms with Gasteiger partial charge < -0.3 is 15.7 Å². The highest BCUT2D eigenvalue weighted by atomic mass is 79.9. The van der Waals surface area contributed by atoms with Crippen molar-refractivity contribution in [1.82, 2.24) is 0 Å². The predicted octanol–water partition coefficient (Wildman–Crippen LogP) is 3.93. The molecule has 2 rings (SSSR count). The summed E-state index contributed by atoms with van der Waals surface area (Å²) < 4.78 is 13.6. The Morgan fingerprint density at radius 2 is 1.71 bits per heavy atom. The normalized spacial score (nSPS) is 10.0. The Labute approximate surface area is 127 Å². The summed E-state index contributed by atoms with van der Waals surface area (Å²) in [6.07, 6.45) is 0. The highest BCUT2D eigenvalue weighted by Crippen LogP contribution is 2.19. The molecule has 3 N–H and O–H groups in total. The van der Waals surface area contributed by atoms with Crippen LogP contribution in [0.15, 0.2) is 46.9 Å². The van der Waals surface area contributed by atoms with Crippen molar-refractivity contribution >= 4 is 39.3 Å². The molecule has 108 valence electrons. The van der Waals surface area contributed by atoms with Crippen LogP contribution in [0.25, 0.3) is 0 Å². The number of carbonyl (C=O) groups is 2. The Morgan fingerprint density at radius 1 is 1.05 bits per heavy atom. The van der Waals surface area contributed by atoms with Gasteiger partial charge in [-0.2, -0.15) is 0 Å². The molecular formula is C14H10BrFN2O3. The number of anilines is 2. The van der Waals surface area contributed by atoms with E-state index >= 15 is 0 Å². The van der Waals surface area contributed by atoms with Crippen molar-refractivity contribution in [3.63, 3.8) is 0 Å². The van der Waals surface area contributed by atoms with Gasteiger partial charge in [-0.25, -0.2) is 14.0 Å². The van der Waals surface area contributed by atoms with Crippen LogP contribution in [0.3, 0.4) is 0 Å². The first-order chi connectivity index (χ1) is 9.95. The smallest absolute Gasteiger partial charge is 0.335 e. The molecule has 0 spiro atoms. The summed E-state index contributed by atoms with van der Waals surface area (Å²) in [6.45, 7) is 0. The van der Waals surface area contributed by atoms with Gasteiger partial charge in [0.2, 0.25) is 0 Å². The largest absolute Gasteiger partial charge is 0.478 e. The molecule has 0 atom stereocenters. The summed E-state index contributed by atoms with van der Waals surface area (Å²) in [7, 11) is 0. The van der Waals surface area contributed by atoms with Gasteiger partial charge in [0.05, 0.1) is 10.0 Å². The second kappa shape index (κ2) is 6.36. The molecule has 0 fully saturated rings. The molecule has 2 aromatic rings. The average molecular weight is 353 g/mol. The number of urea groups is 1. The third kappa shape index (κ3) is 4.03. The van der Waals surface area contributed by atoms with Gasteiger partial charge in [0, 0.05) is 11.4 Å². The molecule has 5 nitrogen and oxygen atoms in total. The average Bonchev–Trinajstić information content (AvgIpc) is 2.43. The molecule has 7 heteroatoms. The van der Waals surface area contributed by atoms with Gasteiger partial charge in [-0.3, -0.25) is 0 Å². The van der Waals surface area contributed by atoms with E-state index in [9.17, 15) is 14.0 Å². The van der Waals surface area contributed by atoms with Crippen molar-refractivity contribution in [1.29, 1.82) is 0 Å². The van der Waals surface area contributed by atoms with Gasteiger partial charge in [0.15, 0.2) is 0 Å². The number of amides is 2. The highest BCUT2D eigenvalue weighted by Gasteiger charge is 2.07. The minimum absolute atomic E-state index is 0.0579. The van der Waals surface area contributed by atoms with E-state index in [4.69, 9.17) is 5.11 Å². The minimum Gasteiger partial charge on any atom is -0.478 e. The first-order valence-electron chi connectivity index (χ1n) is 5.82. The zero-order valence-corrected chi connectivity index (χ0v) is 12.1. The van der Waals surface area contributed by atoms with Crippen molar-refractivity contribution in [2.75, 3.05) is 10.6 Å². The molecule has 0 aliphatic carbocycles. The number of carboxylic acids is 1. The van der Waals surface area contributed by atoms with Crippen LogP contribution in [-0.2, 0) is 0 Å². The molecule has 21 heavy (non-hydrogen) atoms. The summed E-state index contributed by atoms with van der Waals surface area (Å²) >= 11 is 3.01. The van der Waals surface area contributed by atoms with Crippen LogP contribution in [-0.4, -0.2) is 17.1 Å². The zero-order valence-electron chi connectivity index (χ0n) is 10.6. The molecule has 0 heterocycles. The molecule has 0 aromatic heterocycles. The number of nitrogens with one attached hydrogen (secondary N) is 2. The van der Waals surface area contributed by atoms with Crippen molar-refractivity contribution in [2.24, 2.45) is 0 Å². The fourth-order valence-corrected chi connectivity index (χ4v) is 1.84. The van der Waals surface area contributed by atoms with Crippen molar-refractivity contribution in [2.45, 2.75) is 0 Å². The van der Waals surface area contributed by atoms with Crippen LogP contribution >= 0.6 is 15.9 Å². The van der Waals surface area contributed by atoms with Crippen molar-refractivity contribution in [3.8, 4) is 0 Å². The minimum atomic E-state index is -1.09. The van der Waals surface area contributed by atoms with Gasteiger partial charge in [0.1, 0.15) is 5.82 Å². The first kappa shape index (κ1) is 15.0. The Kier molecular flexibility index (Phi) is 4.54. The van der Waals surface area contributed by atoms with Gasteiger partial charge in [-0.1, -0.05) is 6.07 Å². The molecule has 0 bridgehead atoms. The van der Waals surface area contributed by atoms with Crippen LogP contribution in [0.5, 0.6) is 0 Å². The summed E-state index contributed by atoms with van der Waals surface area (Å²) in [6, 6.07) is 9.36. The molecule has 0 saturated heterocycles. The van der Waals surface area contributed by atoms with E-state index in [0.717, 1.165) is 6.07 Å². The van der Waals surface area contributed by atoms with E-state index in [1.165, 1.54) is 30.3 Å². The Hall–Kier alpha value is -2.41. The van der Waals surface area contributed by atoms with Gasteiger partial charge >= 0.3 is 12.0 Å². The van der Waals surface area contributed by atoms with E-state index in [0.29, 0.717) is 10.2 Å². The quantitative estimate of drug-likeness (QED) is 0.782. The summed E-state index contributed by atoms with van der Waals surface area (Å²) in [5.41, 5.74) is 0.662. The molecular weight excluding hydrogens is 343 g/mol. The number of benzene rings is 2. The van der Waals surface area contributed by atoms with E-state index in [1.807, 2.05) is 0 Å². The number of carboxylic acid groups (broad SMARTS) is 1. The topological polar surface area (TPSA) is 78.4 Å². The molecule has 0 aliphatic heterocycles. The van der Waals surface area contributed by atoms with Crippen LogP contribution in [0.4, 0.5) is 20.6 Å². The molecule has 0 saturated carbocycles. The lowest BCUT2D eigenvalue weighted by Crippen LogP contribution is -2.19. The Morgan fingerprint density at radius 3 is 2.33 bits per heavy atom. The van der Waals surface area contributed by atoms with Gasteiger partial charge in [-0.15, -0.1) is 0 Å². The number of halogens is 2. The molecule has 0 unspecified atom stereocenters. The summed E-state index contributed by atoms with van der Waals surface area (Å²) in [4.78, 5) is 22.6. The molecule has 0 radical (unpaired) electrons. The van der Waals surface area contributed by atoms with Crippen LogP contribution < -0.4 is 10.6 Å². The van der Waals surface area contributed by atoms with E-state index in [1.54, 1.807) is 6.07 Å². The lowest BCUT2D eigenvalue weighted by molar-refractivity contribution is 0.0697. The number of hydrogen-bond donors (Lipinski definition) is 3. The number of carbonyl (C=O) groups excluding carboxylic acids is 1. The Balaban J connectivity index is 2.06. The predicted molar refractivity (Wildman–Crippen MR) is 80.1 cm³/mol. The SMILES string of the molecule is O=C(Nc1cccc(C(=O)O)c1)Nc1ccc(Br)c(F)c1. The number of hydrogen-bond acceptors (Lipinski definition) is 2. The molecule has 0 aliphatic rings. The highest BCUT2D eigenvalue weighted by molar-refractivity contribution is 9.10.